The second-order valence-electron chi connectivity index (χ2n) is 4.60. The number of halogens is 1. The van der Waals surface area contributed by atoms with E-state index in [-0.39, 0.29) is 0 Å². The summed E-state index contributed by atoms with van der Waals surface area (Å²) in [6, 6.07) is 15.6. The third-order valence-electron chi connectivity index (χ3n) is 3.33. The lowest BCUT2D eigenvalue weighted by molar-refractivity contribution is 0.981. The van der Waals surface area contributed by atoms with E-state index < -0.39 is 0 Å². The molecule has 0 aliphatic carbocycles. The molecule has 0 unspecified atom stereocenters. The van der Waals surface area contributed by atoms with Gasteiger partial charge in [-0.3, -0.25) is 4.57 Å². The van der Waals surface area contributed by atoms with Gasteiger partial charge >= 0.3 is 0 Å². The molecule has 98 valence electrons. The van der Waals surface area contributed by atoms with Crippen molar-refractivity contribution in [3.8, 4) is 11.8 Å². The molecule has 2 aromatic carbocycles. The van der Waals surface area contributed by atoms with Gasteiger partial charge in [-0.15, -0.1) is 11.6 Å². The van der Waals surface area contributed by atoms with Crippen LogP contribution >= 0.6 is 11.6 Å². The summed E-state index contributed by atoms with van der Waals surface area (Å²) in [5.41, 5.74) is 4.73. The summed E-state index contributed by atoms with van der Waals surface area (Å²) < 4.78 is 2.04. The summed E-state index contributed by atoms with van der Waals surface area (Å²) in [4.78, 5) is 4.62. The number of hydrogen-bond donors (Lipinski definition) is 0. The molecule has 0 fully saturated rings. The van der Waals surface area contributed by atoms with Crippen LogP contribution in [0.3, 0.4) is 0 Å². The minimum Gasteiger partial charge on any atom is -0.295 e. The smallest absolute Gasteiger partial charge is 0.129 e. The Hall–Kier alpha value is -2.31. The van der Waals surface area contributed by atoms with Crippen molar-refractivity contribution in [1.82, 2.24) is 9.55 Å². The summed E-state index contributed by atoms with van der Waals surface area (Å²) >= 11 is 6.03. The van der Waals surface area contributed by atoms with E-state index in [0.717, 1.165) is 28.1 Å². The molecule has 3 rings (SSSR count). The molecule has 0 N–H and O–H groups in total. The van der Waals surface area contributed by atoms with E-state index in [4.69, 9.17) is 16.9 Å². The highest BCUT2D eigenvalue weighted by molar-refractivity contribution is 6.17. The molecular weight excluding hydrogens is 270 g/mol. The third-order valence-corrected chi connectivity index (χ3v) is 3.57. The number of benzene rings is 2. The van der Waals surface area contributed by atoms with E-state index in [1.54, 1.807) is 12.1 Å². The summed E-state index contributed by atoms with van der Waals surface area (Å²) in [7, 11) is 0. The first-order chi connectivity index (χ1) is 9.74. The Morgan fingerprint density at radius 1 is 1.20 bits per heavy atom. The minimum absolute atomic E-state index is 0.341. The molecule has 0 aliphatic heterocycles. The Morgan fingerprint density at radius 2 is 1.95 bits per heavy atom. The summed E-state index contributed by atoms with van der Waals surface area (Å²) in [5.74, 6) is 1.15. The van der Waals surface area contributed by atoms with Crippen molar-refractivity contribution >= 4 is 22.6 Å². The van der Waals surface area contributed by atoms with Gasteiger partial charge in [-0.25, -0.2) is 4.98 Å². The topological polar surface area (TPSA) is 41.6 Å². The van der Waals surface area contributed by atoms with E-state index in [0.29, 0.717) is 11.4 Å². The van der Waals surface area contributed by atoms with Crippen LogP contribution in [0.2, 0.25) is 0 Å². The molecule has 1 aromatic heterocycles. The number of alkyl halides is 1. The van der Waals surface area contributed by atoms with Gasteiger partial charge in [0.05, 0.1) is 28.5 Å². The molecule has 0 spiro atoms. The second-order valence-corrected chi connectivity index (χ2v) is 4.87. The molecule has 0 radical (unpaired) electrons. The van der Waals surface area contributed by atoms with Crippen LogP contribution in [0, 0.1) is 18.3 Å². The van der Waals surface area contributed by atoms with Gasteiger partial charge in [0, 0.05) is 5.69 Å². The minimum atomic E-state index is 0.341. The molecule has 3 aromatic rings. The first-order valence-corrected chi connectivity index (χ1v) is 6.81. The third kappa shape index (κ3) is 1.95. The van der Waals surface area contributed by atoms with Crippen molar-refractivity contribution in [1.29, 1.82) is 5.26 Å². The average molecular weight is 282 g/mol. The zero-order valence-corrected chi connectivity index (χ0v) is 11.7. The molecule has 1 heterocycles. The van der Waals surface area contributed by atoms with Crippen molar-refractivity contribution in [2.45, 2.75) is 12.8 Å². The lowest BCUT2D eigenvalue weighted by Gasteiger charge is -2.07. The molecule has 0 saturated heterocycles. The Labute approximate surface area is 122 Å². The molecule has 0 amide bonds. The quantitative estimate of drug-likeness (QED) is 0.668. The Bertz CT molecular complexity index is 810. The number of nitriles is 1. The van der Waals surface area contributed by atoms with Gasteiger partial charge in [-0.05, 0) is 42.8 Å². The Balaban J connectivity index is 2.28. The van der Waals surface area contributed by atoms with E-state index >= 15 is 0 Å². The Kier molecular flexibility index (Phi) is 3.17. The number of aryl methyl sites for hydroxylation is 1. The predicted molar refractivity (Wildman–Crippen MR) is 80.1 cm³/mol. The SMILES string of the molecule is Cc1cccc2c1nc(CCl)n2-c1ccc(C#N)cc1. The fraction of sp³-hybridized carbons (Fsp3) is 0.125. The van der Waals surface area contributed by atoms with E-state index in [1.165, 1.54) is 0 Å². The highest BCUT2D eigenvalue weighted by atomic mass is 35.5. The maximum absolute atomic E-state index is 8.88. The lowest BCUT2D eigenvalue weighted by Crippen LogP contribution is -1.99. The van der Waals surface area contributed by atoms with Crippen LogP contribution in [-0.2, 0) is 5.88 Å². The van der Waals surface area contributed by atoms with Crippen molar-refractivity contribution in [2.24, 2.45) is 0 Å². The average Bonchev–Trinajstić information content (AvgIpc) is 2.87. The summed E-state index contributed by atoms with van der Waals surface area (Å²) in [5, 5.41) is 8.88. The lowest BCUT2D eigenvalue weighted by atomic mass is 10.2. The number of para-hydroxylation sites is 1. The van der Waals surface area contributed by atoms with Crippen LogP contribution in [0.25, 0.3) is 16.7 Å². The van der Waals surface area contributed by atoms with Crippen LogP contribution < -0.4 is 0 Å². The maximum atomic E-state index is 8.88. The molecule has 0 aliphatic rings. The highest BCUT2D eigenvalue weighted by Gasteiger charge is 2.12. The van der Waals surface area contributed by atoms with Crippen LogP contribution in [-0.4, -0.2) is 9.55 Å². The first kappa shape index (κ1) is 12.7. The fourth-order valence-corrected chi connectivity index (χ4v) is 2.53. The molecule has 0 saturated carbocycles. The van der Waals surface area contributed by atoms with Crippen LogP contribution in [0.15, 0.2) is 42.5 Å². The molecule has 4 heteroatoms. The first-order valence-electron chi connectivity index (χ1n) is 6.28. The summed E-state index contributed by atoms with van der Waals surface area (Å²) in [6.07, 6.45) is 0. The largest absolute Gasteiger partial charge is 0.295 e. The highest BCUT2D eigenvalue weighted by Crippen LogP contribution is 2.25. The van der Waals surface area contributed by atoms with Crippen molar-refractivity contribution in [2.75, 3.05) is 0 Å². The molecular formula is C16H12ClN3. The molecule has 3 nitrogen and oxygen atoms in total. The van der Waals surface area contributed by atoms with Gasteiger partial charge in [-0.2, -0.15) is 5.26 Å². The zero-order chi connectivity index (χ0) is 14.1. The summed E-state index contributed by atoms with van der Waals surface area (Å²) in [6.45, 7) is 2.04. The molecule has 20 heavy (non-hydrogen) atoms. The maximum Gasteiger partial charge on any atom is 0.129 e. The predicted octanol–water partition coefficient (Wildman–Crippen LogP) is 3.94. The van der Waals surface area contributed by atoms with E-state index in [1.807, 2.05) is 41.8 Å². The van der Waals surface area contributed by atoms with E-state index in [9.17, 15) is 0 Å². The van der Waals surface area contributed by atoms with Crippen LogP contribution in [0.5, 0.6) is 0 Å². The second kappa shape index (κ2) is 4.99. The fourth-order valence-electron chi connectivity index (χ4n) is 2.35. The number of aromatic nitrogens is 2. The van der Waals surface area contributed by atoms with Crippen molar-refractivity contribution in [3.05, 3.63) is 59.4 Å². The van der Waals surface area contributed by atoms with Gasteiger partial charge in [-0.1, -0.05) is 12.1 Å². The monoisotopic (exact) mass is 281 g/mol. The van der Waals surface area contributed by atoms with Gasteiger partial charge in [0.15, 0.2) is 0 Å². The van der Waals surface area contributed by atoms with Crippen LogP contribution in [0.1, 0.15) is 17.0 Å². The number of rotatable bonds is 2. The van der Waals surface area contributed by atoms with Gasteiger partial charge < -0.3 is 0 Å². The molecule has 0 bridgehead atoms. The van der Waals surface area contributed by atoms with Crippen molar-refractivity contribution < 1.29 is 0 Å². The van der Waals surface area contributed by atoms with Crippen molar-refractivity contribution in [3.63, 3.8) is 0 Å². The van der Waals surface area contributed by atoms with Gasteiger partial charge in [0.2, 0.25) is 0 Å². The number of fused-ring (bicyclic) bond motifs is 1. The zero-order valence-electron chi connectivity index (χ0n) is 11.0. The normalized spacial score (nSPS) is 10.7. The van der Waals surface area contributed by atoms with E-state index in [2.05, 4.69) is 11.1 Å². The number of nitrogens with zero attached hydrogens (tertiary/aromatic N) is 3. The van der Waals surface area contributed by atoms with Gasteiger partial charge in [0.25, 0.3) is 0 Å². The van der Waals surface area contributed by atoms with Gasteiger partial charge in [0.1, 0.15) is 5.82 Å². The standard InChI is InChI=1S/C16H12ClN3/c1-11-3-2-4-14-16(11)19-15(9-17)20(14)13-7-5-12(10-18)6-8-13/h2-8H,9H2,1H3. The molecule has 0 atom stereocenters. The Morgan fingerprint density at radius 3 is 2.60 bits per heavy atom. The number of hydrogen-bond acceptors (Lipinski definition) is 2. The number of imidazole rings is 1. The van der Waals surface area contributed by atoms with Crippen LogP contribution in [0.4, 0.5) is 0 Å².